The third-order valence-corrected chi connectivity index (χ3v) is 4.57. The number of hydrogen-bond acceptors (Lipinski definition) is 2. The van der Waals surface area contributed by atoms with E-state index in [0.29, 0.717) is 0 Å². The Bertz CT molecular complexity index is 749. The molecule has 0 saturated heterocycles. The van der Waals surface area contributed by atoms with E-state index in [4.69, 9.17) is 0 Å². The van der Waals surface area contributed by atoms with E-state index in [9.17, 15) is 18.0 Å². The molecular formula is C17H16F3NOS. The monoisotopic (exact) mass is 339 g/mol. The van der Waals surface area contributed by atoms with Gasteiger partial charge in [-0.25, -0.2) is 13.2 Å². The van der Waals surface area contributed by atoms with E-state index in [1.165, 1.54) is 11.8 Å². The van der Waals surface area contributed by atoms with Crippen LogP contribution in [0, 0.1) is 31.3 Å². The summed E-state index contributed by atoms with van der Waals surface area (Å²) in [6, 6.07) is 7.66. The van der Waals surface area contributed by atoms with Crippen molar-refractivity contribution < 1.29 is 18.0 Å². The average Bonchev–Trinajstić information content (AvgIpc) is 2.51. The summed E-state index contributed by atoms with van der Waals surface area (Å²) in [7, 11) is 0. The molecule has 6 heteroatoms. The molecule has 0 radical (unpaired) electrons. The Hall–Kier alpha value is -1.95. The fourth-order valence-electron chi connectivity index (χ4n) is 1.94. The lowest BCUT2D eigenvalue weighted by Crippen LogP contribution is -2.23. The summed E-state index contributed by atoms with van der Waals surface area (Å²) in [5, 5.41) is 1.77. The van der Waals surface area contributed by atoms with Gasteiger partial charge in [-0.3, -0.25) is 4.79 Å². The highest BCUT2D eigenvalue weighted by Crippen LogP contribution is 2.28. The third-order valence-electron chi connectivity index (χ3n) is 3.31. The fourth-order valence-corrected chi connectivity index (χ4v) is 2.99. The summed E-state index contributed by atoms with van der Waals surface area (Å²) in [5.74, 6) is -4.78. The molecule has 0 unspecified atom stereocenters. The smallest absolute Gasteiger partial charge is 0.237 e. The van der Waals surface area contributed by atoms with E-state index >= 15 is 0 Å². The summed E-state index contributed by atoms with van der Waals surface area (Å²) in [4.78, 5) is 13.1. The Morgan fingerprint density at radius 1 is 1.09 bits per heavy atom. The summed E-state index contributed by atoms with van der Waals surface area (Å²) >= 11 is 1.32. The van der Waals surface area contributed by atoms with E-state index in [0.717, 1.165) is 28.2 Å². The molecule has 0 aliphatic rings. The summed E-state index contributed by atoms with van der Waals surface area (Å²) in [6.45, 7) is 5.55. The van der Waals surface area contributed by atoms with Crippen LogP contribution in [0.2, 0.25) is 0 Å². The van der Waals surface area contributed by atoms with Crippen molar-refractivity contribution in [2.24, 2.45) is 0 Å². The zero-order valence-corrected chi connectivity index (χ0v) is 13.7. The van der Waals surface area contributed by atoms with Gasteiger partial charge in [0.15, 0.2) is 17.5 Å². The number of halogens is 3. The van der Waals surface area contributed by atoms with Gasteiger partial charge < -0.3 is 5.32 Å². The number of nitrogens with one attached hydrogen (secondary N) is 1. The van der Waals surface area contributed by atoms with Gasteiger partial charge in [0.25, 0.3) is 0 Å². The second-order valence-corrected chi connectivity index (χ2v) is 6.62. The highest BCUT2D eigenvalue weighted by molar-refractivity contribution is 8.00. The number of hydrogen-bond donors (Lipinski definition) is 1. The van der Waals surface area contributed by atoms with Gasteiger partial charge in [0.05, 0.1) is 10.9 Å². The fraction of sp³-hybridized carbons (Fsp3) is 0.235. The number of amides is 1. The lowest BCUT2D eigenvalue weighted by atomic mass is 10.2. The van der Waals surface area contributed by atoms with Gasteiger partial charge in [0, 0.05) is 4.90 Å². The molecular weight excluding hydrogens is 323 g/mol. The van der Waals surface area contributed by atoms with Crippen LogP contribution in [-0.2, 0) is 4.79 Å². The first-order valence-electron chi connectivity index (χ1n) is 6.98. The molecule has 1 atom stereocenters. The van der Waals surface area contributed by atoms with Crippen molar-refractivity contribution in [1.29, 1.82) is 0 Å². The Balaban J connectivity index is 2.12. The van der Waals surface area contributed by atoms with E-state index in [2.05, 4.69) is 5.32 Å². The maximum absolute atomic E-state index is 13.6. The minimum Gasteiger partial charge on any atom is -0.323 e. The van der Waals surface area contributed by atoms with Crippen LogP contribution in [0.5, 0.6) is 0 Å². The van der Waals surface area contributed by atoms with Gasteiger partial charge >= 0.3 is 0 Å². The van der Waals surface area contributed by atoms with Crippen LogP contribution in [0.4, 0.5) is 18.9 Å². The summed E-state index contributed by atoms with van der Waals surface area (Å²) < 4.78 is 39.7. The molecule has 2 nitrogen and oxygen atoms in total. The topological polar surface area (TPSA) is 29.1 Å². The first kappa shape index (κ1) is 17.4. The molecule has 1 N–H and O–H groups in total. The number of carbonyl (C=O) groups is 1. The van der Waals surface area contributed by atoms with Crippen LogP contribution in [0.25, 0.3) is 0 Å². The molecule has 0 heterocycles. The molecule has 0 bridgehead atoms. The van der Waals surface area contributed by atoms with Crippen molar-refractivity contribution >= 4 is 23.4 Å². The molecule has 0 aliphatic carbocycles. The van der Waals surface area contributed by atoms with Crippen molar-refractivity contribution in [1.82, 2.24) is 0 Å². The van der Waals surface area contributed by atoms with Gasteiger partial charge in [-0.2, -0.15) is 0 Å². The van der Waals surface area contributed by atoms with Gasteiger partial charge in [0.1, 0.15) is 0 Å². The molecule has 122 valence electrons. The molecule has 0 aliphatic heterocycles. The number of thioether (sulfide) groups is 1. The van der Waals surface area contributed by atoms with Gasteiger partial charge in [0.2, 0.25) is 5.91 Å². The third kappa shape index (κ3) is 4.07. The molecule has 2 aromatic carbocycles. The van der Waals surface area contributed by atoms with Gasteiger partial charge in [-0.1, -0.05) is 17.7 Å². The average molecular weight is 339 g/mol. The van der Waals surface area contributed by atoms with Crippen molar-refractivity contribution in [2.75, 3.05) is 5.32 Å². The highest BCUT2D eigenvalue weighted by Gasteiger charge is 2.19. The standard InChI is InChI=1S/C17H16F3NOS/c1-9-4-5-10(2)14(8-9)23-11(3)17(22)21-13-7-6-12(18)15(19)16(13)20/h4-8,11H,1-3H3,(H,21,22)/t11-/m1/s1. The zero-order valence-electron chi connectivity index (χ0n) is 12.9. The van der Waals surface area contributed by atoms with E-state index in [1.54, 1.807) is 6.92 Å². The van der Waals surface area contributed by atoms with Gasteiger partial charge in [-0.15, -0.1) is 11.8 Å². The molecule has 23 heavy (non-hydrogen) atoms. The van der Waals surface area contributed by atoms with Crippen molar-refractivity contribution in [2.45, 2.75) is 30.9 Å². The molecule has 0 saturated carbocycles. The second-order valence-electron chi connectivity index (χ2n) is 5.24. The predicted molar refractivity (Wildman–Crippen MR) is 86.2 cm³/mol. The zero-order chi connectivity index (χ0) is 17.1. The molecule has 2 aromatic rings. The van der Waals surface area contributed by atoms with Crippen LogP contribution in [0.3, 0.4) is 0 Å². The second kappa shape index (κ2) is 7.08. The highest BCUT2D eigenvalue weighted by atomic mass is 32.2. The number of benzene rings is 2. The van der Waals surface area contributed by atoms with E-state index in [1.807, 2.05) is 32.0 Å². The number of aryl methyl sites for hydroxylation is 2. The predicted octanol–water partition coefficient (Wildman–Crippen LogP) is 4.84. The minimum atomic E-state index is -1.60. The molecule has 1 amide bonds. The summed E-state index contributed by atoms with van der Waals surface area (Å²) in [6.07, 6.45) is 0. The van der Waals surface area contributed by atoms with Crippen LogP contribution in [-0.4, -0.2) is 11.2 Å². The van der Waals surface area contributed by atoms with Crippen LogP contribution in [0.1, 0.15) is 18.1 Å². The van der Waals surface area contributed by atoms with Crippen molar-refractivity contribution in [3.63, 3.8) is 0 Å². The van der Waals surface area contributed by atoms with Gasteiger partial charge in [-0.05, 0) is 44.5 Å². The first-order valence-corrected chi connectivity index (χ1v) is 7.86. The lowest BCUT2D eigenvalue weighted by Gasteiger charge is -2.14. The van der Waals surface area contributed by atoms with E-state index < -0.39 is 28.6 Å². The molecule has 0 fully saturated rings. The number of rotatable bonds is 4. The normalized spacial score (nSPS) is 12.1. The SMILES string of the molecule is Cc1ccc(C)c(S[C@H](C)C(=O)Nc2ccc(F)c(F)c2F)c1. The number of carbonyl (C=O) groups excluding carboxylic acids is 1. The Morgan fingerprint density at radius 2 is 1.78 bits per heavy atom. The quantitative estimate of drug-likeness (QED) is 0.638. The Kier molecular flexibility index (Phi) is 5.36. The number of anilines is 1. The largest absolute Gasteiger partial charge is 0.323 e. The van der Waals surface area contributed by atoms with Crippen LogP contribution in [0.15, 0.2) is 35.2 Å². The van der Waals surface area contributed by atoms with E-state index in [-0.39, 0.29) is 5.69 Å². The molecule has 2 rings (SSSR count). The van der Waals surface area contributed by atoms with Crippen LogP contribution >= 0.6 is 11.8 Å². The Labute approximate surface area is 137 Å². The maximum atomic E-state index is 13.6. The van der Waals surface area contributed by atoms with Crippen molar-refractivity contribution in [3.8, 4) is 0 Å². The summed E-state index contributed by atoms with van der Waals surface area (Å²) in [5.41, 5.74) is 1.72. The molecule has 0 aromatic heterocycles. The minimum absolute atomic E-state index is 0.373. The maximum Gasteiger partial charge on any atom is 0.237 e. The lowest BCUT2D eigenvalue weighted by molar-refractivity contribution is -0.115. The van der Waals surface area contributed by atoms with Crippen LogP contribution < -0.4 is 5.32 Å². The molecule has 0 spiro atoms. The first-order chi connectivity index (χ1) is 10.8. The Morgan fingerprint density at radius 3 is 2.48 bits per heavy atom. The van der Waals surface area contributed by atoms with Crippen molar-refractivity contribution in [3.05, 3.63) is 58.9 Å².